The number of pyridine rings is 1. The summed E-state index contributed by atoms with van der Waals surface area (Å²) in [7, 11) is 0. The van der Waals surface area contributed by atoms with Crippen LogP contribution in [0.2, 0.25) is 0 Å². The van der Waals surface area contributed by atoms with Crippen molar-refractivity contribution in [3.8, 4) is 0 Å². The number of anilines is 1. The lowest BCUT2D eigenvalue weighted by Crippen LogP contribution is -2.43. The van der Waals surface area contributed by atoms with Gasteiger partial charge in [0.1, 0.15) is 5.82 Å². The molecule has 1 aliphatic heterocycles. The second-order valence-corrected chi connectivity index (χ2v) is 6.00. The topological polar surface area (TPSA) is 59.0 Å². The van der Waals surface area contributed by atoms with E-state index in [1.165, 1.54) is 24.0 Å². The van der Waals surface area contributed by atoms with E-state index < -0.39 is 0 Å². The average molecular weight is 294 g/mol. The molecule has 2 aliphatic rings. The van der Waals surface area contributed by atoms with Gasteiger partial charge in [-0.05, 0) is 54.5 Å². The Bertz CT molecular complexity index is 728. The summed E-state index contributed by atoms with van der Waals surface area (Å²) in [6, 6.07) is 4.00. The van der Waals surface area contributed by atoms with Gasteiger partial charge in [-0.25, -0.2) is 4.98 Å². The van der Waals surface area contributed by atoms with Crippen LogP contribution < -0.4 is 4.90 Å². The van der Waals surface area contributed by atoms with Crippen LogP contribution in [0.1, 0.15) is 41.6 Å². The minimum atomic E-state index is 0.154. The Morgan fingerprint density at radius 1 is 1.18 bits per heavy atom. The van der Waals surface area contributed by atoms with Gasteiger partial charge in [-0.3, -0.25) is 9.69 Å². The van der Waals surface area contributed by atoms with Crippen molar-refractivity contribution in [3.05, 3.63) is 46.9 Å². The first-order valence-electron chi connectivity index (χ1n) is 7.89. The van der Waals surface area contributed by atoms with Gasteiger partial charge >= 0.3 is 0 Å². The van der Waals surface area contributed by atoms with E-state index in [9.17, 15) is 4.79 Å². The van der Waals surface area contributed by atoms with Crippen LogP contribution in [0.4, 0.5) is 5.82 Å². The molecule has 0 aromatic carbocycles. The number of hydrogen-bond acceptors (Lipinski definition) is 4. The molecule has 1 aliphatic carbocycles. The fourth-order valence-corrected chi connectivity index (χ4v) is 3.24. The Morgan fingerprint density at radius 3 is 2.91 bits per heavy atom. The number of hydrogen-bond donors (Lipinski definition) is 0. The summed E-state index contributed by atoms with van der Waals surface area (Å²) < 4.78 is 0. The smallest absolute Gasteiger partial charge is 0.229 e. The first-order valence-corrected chi connectivity index (χ1v) is 7.89. The van der Waals surface area contributed by atoms with Crippen LogP contribution in [-0.2, 0) is 24.1 Å². The van der Waals surface area contributed by atoms with Gasteiger partial charge in [-0.2, -0.15) is 10.2 Å². The Kier molecular flexibility index (Phi) is 3.33. The molecule has 1 saturated heterocycles. The first-order chi connectivity index (χ1) is 10.8. The van der Waals surface area contributed by atoms with Crippen molar-refractivity contribution >= 4 is 11.7 Å². The molecule has 2 aromatic rings. The minimum absolute atomic E-state index is 0.154. The molecule has 1 fully saturated rings. The number of aromatic nitrogens is 3. The predicted molar refractivity (Wildman–Crippen MR) is 82.7 cm³/mol. The number of fused-ring (bicyclic) bond motifs is 1. The van der Waals surface area contributed by atoms with Gasteiger partial charge in [0.2, 0.25) is 5.91 Å². The molecular weight excluding hydrogens is 276 g/mol. The summed E-state index contributed by atoms with van der Waals surface area (Å²) in [5, 5.41) is 8.52. The van der Waals surface area contributed by atoms with Crippen molar-refractivity contribution in [1.82, 2.24) is 15.2 Å². The fourth-order valence-electron chi connectivity index (χ4n) is 3.24. The Labute approximate surface area is 129 Å². The summed E-state index contributed by atoms with van der Waals surface area (Å²) in [6.45, 7) is 0.774. The van der Waals surface area contributed by atoms with Gasteiger partial charge in [-0.15, -0.1) is 0 Å². The molecule has 2 aromatic heterocycles. The number of β-lactam (4-membered cyclic amide) rings is 1. The monoisotopic (exact) mass is 294 g/mol. The minimum Gasteiger partial charge on any atom is -0.296 e. The largest absolute Gasteiger partial charge is 0.296 e. The molecule has 5 nitrogen and oxygen atoms in total. The van der Waals surface area contributed by atoms with Crippen LogP contribution >= 0.6 is 0 Å². The SMILES string of the molecule is O=C1CCN1c1cc(Cc2nncc3c2CCCC3)ccn1. The van der Waals surface area contributed by atoms with Gasteiger partial charge in [0, 0.05) is 25.6 Å². The van der Waals surface area contributed by atoms with Crippen LogP contribution in [0.25, 0.3) is 0 Å². The van der Waals surface area contributed by atoms with Gasteiger partial charge in [0.25, 0.3) is 0 Å². The summed E-state index contributed by atoms with van der Waals surface area (Å²) in [4.78, 5) is 17.6. The lowest BCUT2D eigenvalue weighted by atomic mass is 9.90. The number of rotatable bonds is 3. The summed E-state index contributed by atoms with van der Waals surface area (Å²) in [5.74, 6) is 0.910. The van der Waals surface area contributed by atoms with E-state index in [-0.39, 0.29) is 5.91 Å². The van der Waals surface area contributed by atoms with Crippen molar-refractivity contribution in [2.45, 2.75) is 38.5 Å². The van der Waals surface area contributed by atoms with Gasteiger partial charge in [0.15, 0.2) is 0 Å². The Hall–Kier alpha value is -2.30. The number of carbonyl (C=O) groups excluding carboxylic acids is 1. The van der Waals surface area contributed by atoms with Crippen LogP contribution in [-0.4, -0.2) is 27.6 Å². The van der Waals surface area contributed by atoms with Crippen LogP contribution in [0.3, 0.4) is 0 Å². The van der Waals surface area contributed by atoms with Crippen molar-refractivity contribution < 1.29 is 4.79 Å². The molecule has 3 heterocycles. The van der Waals surface area contributed by atoms with Crippen molar-refractivity contribution in [1.29, 1.82) is 0 Å². The summed E-state index contributed by atoms with van der Waals surface area (Å²) in [5.41, 5.74) is 4.94. The number of nitrogens with zero attached hydrogens (tertiary/aromatic N) is 4. The summed E-state index contributed by atoms with van der Waals surface area (Å²) in [6.07, 6.45) is 9.76. The van der Waals surface area contributed by atoms with E-state index in [2.05, 4.69) is 15.2 Å². The molecular formula is C17H18N4O. The number of carbonyl (C=O) groups is 1. The average Bonchev–Trinajstić information content (AvgIpc) is 2.54. The van der Waals surface area contributed by atoms with E-state index >= 15 is 0 Å². The quantitative estimate of drug-likeness (QED) is 0.813. The van der Waals surface area contributed by atoms with E-state index in [0.29, 0.717) is 6.42 Å². The van der Waals surface area contributed by atoms with Gasteiger partial charge in [0.05, 0.1) is 11.9 Å². The van der Waals surface area contributed by atoms with Gasteiger partial charge < -0.3 is 0 Å². The number of aryl methyl sites for hydroxylation is 1. The second-order valence-electron chi connectivity index (χ2n) is 6.00. The first kappa shape index (κ1) is 13.4. The standard InChI is InChI=1S/C17H18N4O/c22-17-6-8-21(17)16-10-12(5-7-18-16)9-15-14-4-2-1-3-13(14)11-19-20-15/h5,7,10-11H,1-4,6,8-9H2. The van der Waals surface area contributed by atoms with Crippen LogP contribution in [0, 0.1) is 0 Å². The van der Waals surface area contributed by atoms with Crippen LogP contribution in [0.15, 0.2) is 24.5 Å². The van der Waals surface area contributed by atoms with Gasteiger partial charge in [-0.1, -0.05) is 0 Å². The molecule has 1 amide bonds. The molecule has 4 rings (SSSR count). The Balaban J connectivity index is 1.61. The van der Waals surface area contributed by atoms with E-state index in [4.69, 9.17) is 0 Å². The van der Waals surface area contributed by atoms with E-state index in [1.807, 2.05) is 18.3 Å². The molecule has 112 valence electrons. The molecule has 0 bridgehead atoms. The molecule has 0 atom stereocenters. The normalized spacial score (nSPS) is 17.1. The molecule has 0 unspecified atom stereocenters. The molecule has 22 heavy (non-hydrogen) atoms. The zero-order valence-corrected chi connectivity index (χ0v) is 12.5. The van der Waals surface area contributed by atoms with Crippen molar-refractivity contribution in [3.63, 3.8) is 0 Å². The summed E-state index contributed by atoms with van der Waals surface area (Å²) >= 11 is 0. The maximum atomic E-state index is 11.6. The lowest BCUT2D eigenvalue weighted by Gasteiger charge is -2.29. The third-order valence-electron chi connectivity index (χ3n) is 4.56. The van der Waals surface area contributed by atoms with Crippen molar-refractivity contribution in [2.24, 2.45) is 0 Å². The third kappa shape index (κ3) is 2.36. The van der Waals surface area contributed by atoms with Crippen LogP contribution in [0.5, 0.6) is 0 Å². The number of amides is 1. The lowest BCUT2D eigenvalue weighted by molar-refractivity contribution is -0.122. The zero-order valence-electron chi connectivity index (χ0n) is 12.5. The maximum Gasteiger partial charge on any atom is 0.229 e. The molecule has 5 heteroatoms. The van der Waals surface area contributed by atoms with E-state index in [1.54, 1.807) is 11.1 Å². The highest BCUT2D eigenvalue weighted by atomic mass is 16.2. The second kappa shape index (κ2) is 5.48. The zero-order chi connectivity index (χ0) is 14.9. The maximum absolute atomic E-state index is 11.6. The molecule has 0 N–H and O–H groups in total. The highest BCUT2D eigenvalue weighted by Gasteiger charge is 2.26. The third-order valence-corrected chi connectivity index (χ3v) is 4.56. The predicted octanol–water partition coefficient (Wildman–Crippen LogP) is 2.08. The highest BCUT2D eigenvalue weighted by Crippen LogP contribution is 2.25. The highest BCUT2D eigenvalue weighted by molar-refractivity contribution is 5.98. The van der Waals surface area contributed by atoms with E-state index in [0.717, 1.165) is 42.9 Å². The molecule has 0 spiro atoms. The fraction of sp³-hybridized carbons (Fsp3) is 0.412. The van der Waals surface area contributed by atoms with Crippen molar-refractivity contribution in [2.75, 3.05) is 11.4 Å². The Morgan fingerprint density at radius 2 is 2.09 bits per heavy atom. The molecule has 0 radical (unpaired) electrons. The molecule has 0 saturated carbocycles.